The van der Waals surface area contributed by atoms with Crippen LogP contribution in [0.1, 0.15) is 10.4 Å². The lowest BCUT2D eigenvalue weighted by Crippen LogP contribution is -2.80. The molecule has 0 bridgehead atoms. The van der Waals surface area contributed by atoms with Gasteiger partial charge in [-0.25, -0.2) is 0 Å². The number of hydrogen-bond acceptors (Lipinski definition) is 3. The van der Waals surface area contributed by atoms with E-state index >= 15 is 0 Å². The molecule has 0 spiro atoms. The maximum Gasteiger partial charge on any atom is 0.231 e. The van der Waals surface area contributed by atoms with E-state index in [4.69, 9.17) is 9.47 Å². The van der Waals surface area contributed by atoms with Crippen LogP contribution in [-0.2, 0) is 13.1 Å². The van der Waals surface area contributed by atoms with Crippen molar-refractivity contribution in [3.8, 4) is 11.5 Å². The minimum Gasteiger partial charge on any atom is -0.454 e. The summed E-state index contributed by atoms with van der Waals surface area (Å²) in [5, 5.41) is 4.41. The van der Waals surface area contributed by atoms with Gasteiger partial charge in [-0.05, 0) is 29.6 Å². The van der Waals surface area contributed by atoms with Crippen molar-refractivity contribution >= 4 is 11.3 Å². The molecule has 2 heterocycles. The van der Waals surface area contributed by atoms with Crippen molar-refractivity contribution < 1.29 is 14.8 Å². The topological polar surface area (TPSA) is 35.1 Å². The van der Waals surface area contributed by atoms with Crippen LogP contribution in [0, 0.1) is 0 Å². The average molecular weight is 248 g/mol. The van der Waals surface area contributed by atoms with E-state index in [1.807, 2.05) is 6.07 Å². The fraction of sp³-hybridized carbons (Fsp3) is 0.231. The summed E-state index contributed by atoms with van der Waals surface area (Å²) in [4.78, 5) is 1.41. The van der Waals surface area contributed by atoms with Crippen LogP contribution < -0.4 is 14.8 Å². The molecule has 3 nitrogen and oxygen atoms in total. The molecule has 88 valence electrons. The van der Waals surface area contributed by atoms with Crippen LogP contribution in [-0.4, -0.2) is 6.79 Å². The molecule has 0 amide bonds. The zero-order valence-electron chi connectivity index (χ0n) is 9.39. The second-order valence-corrected chi connectivity index (χ2v) is 5.00. The van der Waals surface area contributed by atoms with E-state index in [0.717, 1.165) is 24.6 Å². The Morgan fingerprint density at radius 2 is 2.06 bits per heavy atom. The van der Waals surface area contributed by atoms with E-state index in [1.54, 1.807) is 11.3 Å². The highest BCUT2D eigenvalue weighted by atomic mass is 32.1. The van der Waals surface area contributed by atoms with Crippen molar-refractivity contribution in [2.24, 2.45) is 0 Å². The first-order valence-electron chi connectivity index (χ1n) is 5.64. The van der Waals surface area contributed by atoms with E-state index in [0.29, 0.717) is 6.79 Å². The minimum atomic E-state index is 0.345. The molecule has 3 rings (SSSR count). The van der Waals surface area contributed by atoms with Crippen molar-refractivity contribution in [3.63, 3.8) is 0 Å². The van der Waals surface area contributed by atoms with Gasteiger partial charge in [-0.15, -0.1) is 11.3 Å². The molecule has 0 unspecified atom stereocenters. The van der Waals surface area contributed by atoms with Gasteiger partial charge in [0.1, 0.15) is 13.1 Å². The number of thiophene rings is 1. The van der Waals surface area contributed by atoms with Crippen LogP contribution in [0.3, 0.4) is 0 Å². The summed E-state index contributed by atoms with van der Waals surface area (Å²) in [7, 11) is 0. The van der Waals surface area contributed by atoms with Gasteiger partial charge in [0, 0.05) is 5.56 Å². The van der Waals surface area contributed by atoms with E-state index < -0.39 is 0 Å². The molecule has 4 heteroatoms. The van der Waals surface area contributed by atoms with Crippen molar-refractivity contribution in [1.29, 1.82) is 0 Å². The Morgan fingerprint density at radius 1 is 1.12 bits per heavy atom. The number of rotatable bonds is 4. The number of nitrogens with two attached hydrogens (primary N) is 1. The van der Waals surface area contributed by atoms with Crippen molar-refractivity contribution in [2.45, 2.75) is 13.1 Å². The van der Waals surface area contributed by atoms with Crippen LogP contribution in [0.15, 0.2) is 35.7 Å². The number of ether oxygens (including phenoxy) is 2. The molecule has 0 saturated carbocycles. The van der Waals surface area contributed by atoms with Gasteiger partial charge in [0.25, 0.3) is 0 Å². The van der Waals surface area contributed by atoms with Gasteiger partial charge in [-0.1, -0.05) is 6.07 Å². The molecule has 0 atom stereocenters. The number of fused-ring (bicyclic) bond motifs is 1. The summed E-state index contributed by atoms with van der Waals surface area (Å²) in [5.74, 6) is 1.72. The first kappa shape index (κ1) is 10.6. The molecule has 1 aromatic heterocycles. The fourth-order valence-electron chi connectivity index (χ4n) is 1.88. The summed E-state index contributed by atoms with van der Waals surface area (Å²) in [6, 6.07) is 10.4. The Hall–Kier alpha value is -1.52. The molecular weight excluding hydrogens is 234 g/mol. The second-order valence-electron chi connectivity index (χ2n) is 3.96. The maximum absolute atomic E-state index is 5.36. The lowest BCUT2D eigenvalue weighted by Gasteiger charge is -2.02. The summed E-state index contributed by atoms with van der Waals surface area (Å²) in [6.45, 7) is 2.35. The minimum absolute atomic E-state index is 0.345. The Kier molecular flexibility index (Phi) is 2.98. The monoisotopic (exact) mass is 248 g/mol. The van der Waals surface area contributed by atoms with Crippen LogP contribution in [0.5, 0.6) is 11.5 Å². The van der Waals surface area contributed by atoms with E-state index in [1.165, 1.54) is 10.4 Å². The molecule has 1 aliphatic rings. The van der Waals surface area contributed by atoms with E-state index in [-0.39, 0.29) is 0 Å². The van der Waals surface area contributed by atoms with Gasteiger partial charge >= 0.3 is 0 Å². The summed E-state index contributed by atoms with van der Waals surface area (Å²) in [6.07, 6.45) is 0. The first-order chi connectivity index (χ1) is 8.42. The van der Waals surface area contributed by atoms with Gasteiger partial charge in [0.2, 0.25) is 6.79 Å². The fourth-order valence-corrected chi connectivity index (χ4v) is 2.58. The Balaban J connectivity index is 1.58. The normalized spacial score (nSPS) is 12.9. The Morgan fingerprint density at radius 3 is 2.94 bits per heavy atom. The van der Waals surface area contributed by atoms with E-state index in [9.17, 15) is 0 Å². The summed E-state index contributed by atoms with van der Waals surface area (Å²) >= 11 is 1.80. The standard InChI is InChI=1S/C13H13NO2S/c1-2-11(17-5-1)8-14-7-10-3-4-12-13(6-10)16-9-15-12/h1-6,14H,7-9H2/p+1. The Labute approximate surface area is 104 Å². The summed E-state index contributed by atoms with van der Waals surface area (Å²) in [5.41, 5.74) is 1.27. The highest BCUT2D eigenvalue weighted by Crippen LogP contribution is 2.32. The molecule has 0 radical (unpaired) electrons. The van der Waals surface area contributed by atoms with Gasteiger partial charge in [-0.2, -0.15) is 0 Å². The average Bonchev–Trinajstić information content (AvgIpc) is 2.98. The molecule has 2 aromatic rings. The highest BCUT2D eigenvalue weighted by Gasteiger charge is 2.13. The Bertz CT molecular complexity index is 496. The summed E-state index contributed by atoms with van der Waals surface area (Å²) < 4.78 is 10.6. The van der Waals surface area contributed by atoms with Gasteiger partial charge in [-0.3, -0.25) is 0 Å². The predicted octanol–water partition coefficient (Wildman–Crippen LogP) is 1.74. The lowest BCUT2D eigenvalue weighted by molar-refractivity contribution is -0.685. The predicted molar refractivity (Wildman–Crippen MR) is 66.2 cm³/mol. The third-order valence-corrected chi connectivity index (χ3v) is 3.64. The van der Waals surface area contributed by atoms with Crippen LogP contribution >= 0.6 is 11.3 Å². The third-order valence-electron chi connectivity index (χ3n) is 2.74. The zero-order chi connectivity index (χ0) is 11.5. The highest BCUT2D eigenvalue weighted by molar-refractivity contribution is 7.09. The SMILES string of the molecule is c1csc(C[NH2+]Cc2ccc3c(c2)OCO3)c1. The second kappa shape index (κ2) is 4.77. The van der Waals surface area contributed by atoms with Crippen LogP contribution in [0.25, 0.3) is 0 Å². The van der Waals surface area contributed by atoms with Crippen molar-refractivity contribution in [1.82, 2.24) is 0 Å². The van der Waals surface area contributed by atoms with E-state index in [2.05, 4.69) is 35.0 Å². The van der Waals surface area contributed by atoms with Crippen LogP contribution in [0.2, 0.25) is 0 Å². The molecule has 17 heavy (non-hydrogen) atoms. The van der Waals surface area contributed by atoms with Gasteiger partial charge in [0.15, 0.2) is 11.5 Å². The molecule has 0 saturated heterocycles. The number of benzene rings is 1. The molecule has 0 fully saturated rings. The molecule has 1 aromatic carbocycles. The first-order valence-corrected chi connectivity index (χ1v) is 6.52. The quantitative estimate of drug-likeness (QED) is 0.894. The number of quaternary nitrogens is 1. The lowest BCUT2D eigenvalue weighted by atomic mass is 10.2. The van der Waals surface area contributed by atoms with Crippen molar-refractivity contribution in [3.05, 3.63) is 46.2 Å². The molecule has 0 aliphatic carbocycles. The largest absolute Gasteiger partial charge is 0.454 e. The smallest absolute Gasteiger partial charge is 0.231 e. The molecule has 1 aliphatic heterocycles. The third kappa shape index (κ3) is 2.43. The van der Waals surface area contributed by atoms with Gasteiger partial charge in [0.05, 0.1) is 4.88 Å². The van der Waals surface area contributed by atoms with Crippen LogP contribution in [0.4, 0.5) is 0 Å². The zero-order valence-corrected chi connectivity index (χ0v) is 10.2. The van der Waals surface area contributed by atoms with Crippen molar-refractivity contribution in [2.75, 3.05) is 6.79 Å². The molecular formula is C13H14NO2S+. The number of hydrogen-bond donors (Lipinski definition) is 1. The molecule has 2 N–H and O–H groups in total. The van der Waals surface area contributed by atoms with Gasteiger partial charge < -0.3 is 14.8 Å². The maximum atomic E-state index is 5.36.